The maximum atomic E-state index is 15.5. The number of aliphatic imine (C=N–C) groups is 1. The van der Waals surface area contributed by atoms with Gasteiger partial charge in [0, 0.05) is 43.0 Å². The molecule has 0 amide bonds. The number of carbonyl (C=O) groups is 2. The number of aromatic nitrogens is 1. The Kier molecular flexibility index (Phi) is 8.89. The molecule has 3 atom stereocenters. The van der Waals surface area contributed by atoms with Crippen molar-refractivity contribution < 1.29 is 41.0 Å². The minimum Gasteiger partial charge on any atom is -0.481 e. The molecule has 0 saturated carbocycles. The Hall–Kier alpha value is -3.34. The second-order valence-corrected chi connectivity index (χ2v) is 14.9. The first-order valence-electron chi connectivity index (χ1n) is 14.3. The smallest absolute Gasteiger partial charge is 0.338 e. The number of thiazole rings is 1. The largest absolute Gasteiger partial charge is 0.481 e. The van der Waals surface area contributed by atoms with Crippen molar-refractivity contribution in [1.29, 1.82) is 0 Å². The number of esters is 1. The lowest BCUT2D eigenvalue weighted by molar-refractivity contribution is -0.145. The van der Waals surface area contributed by atoms with Gasteiger partial charge in [0.1, 0.15) is 11.9 Å². The summed E-state index contributed by atoms with van der Waals surface area (Å²) in [6.45, 7) is 4.03. The van der Waals surface area contributed by atoms with Crippen LogP contribution in [0.15, 0.2) is 46.0 Å². The van der Waals surface area contributed by atoms with Gasteiger partial charge < -0.3 is 15.2 Å². The van der Waals surface area contributed by atoms with Gasteiger partial charge in [-0.05, 0) is 44.9 Å². The van der Waals surface area contributed by atoms with Crippen LogP contribution in [0.4, 0.5) is 13.2 Å². The zero-order chi connectivity index (χ0) is 32.9. The standard InChI is InChI=1S/C29H34F3N5O6S2/c1-5-43-26(38)22-20(34-24(25-33-9-10-44-25)35-23(22)17-7-6-8-19(30)16(17)2)12-36-14-29(31,32)18-11-37(13-21(18)36)45(41,42)15-28(3,4)27(39)40/h6-10,18,21,23H,5,11-15H2,1-4H3,(H,34,35)(H,39,40)/t18?,21?,23-/m0/s1. The molecule has 2 fully saturated rings. The number of nitrogens with one attached hydrogen (secondary N) is 1. The summed E-state index contributed by atoms with van der Waals surface area (Å²) >= 11 is 1.26. The quantitative estimate of drug-likeness (QED) is 0.365. The number of nitrogens with zero attached hydrogens (tertiary/aromatic N) is 4. The van der Waals surface area contributed by atoms with Crippen molar-refractivity contribution >= 4 is 39.1 Å². The molecule has 0 aliphatic carbocycles. The van der Waals surface area contributed by atoms with E-state index in [2.05, 4.69) is 10.3 Å². The number of aliphatic carboxylic acids is 1. The topological polar surface area (TPSA) is 142 Å². The van der Waals surface area contributed by atoms with Gasteiger partial charge in [0.15, 0.2) is 10.8 Å². The van der Waals surface area contributed by atoms with Crippen LogP contribution >= 0.6 is 11.3 Å². The van der Waals surface area contributed by atoms with Gasteiger partial charge in [-0.25, -0.2) is 31.4 Å². The molecule has 4 heterocycles. The highest BCUT2D eigenvalue weighted by Crippen LogP contribution is 2.44. The van der Waals surface area contributed by atoms with Gasteiger partial charge in [-0.3, -0.25) is 14.7 Å². The van der Waals surface area contributed by atoms with Crippen molar-refractivity contribution in [2.45, 2.75) is 45.7 Å². The highest BCUT2D eigenvalue weighted by atomic mass is 32.2. The zero-order valence-electron chi connectivity index (χ0n) is 25.1. The zero-order valence-corrected chi connectivity index (χ0v) is 26.7. The van der Waals surface area contributed by atoms with Crippen molar-refractivity contribution in [3.8, 4) is 0 Å². The minimum absolute atomic E-state index is 0.0134. The van der Waals surface area contributed by atoms with Crippen LogP contribution in [0.2, 0.25) is 0 Å². The first-order valence-corrected chi connectivity index (χ1v) is 16.8. The molecule has 2 unspecified atom stereocenters. The summed E-state index contributed by atoms with van der Waals surface area (Å²) in [6.07, 6.45) is 1.56. The minimum atomic E-state index is -4.21. The Morgan fingerprint density at radius 3 is 2.64 bits per heavy atom. The Bertz CT molecular complexity index is 1660. The lowest BCUT2D eigenvalue weighted by Crippen LogP contribution is -2.45. The lowest BCUT2D eigenvalue weighted by atomic mass is 9.92. The van der Waals surface area contributed by atoms with Crippen molar-refractivity contribution in [1.82, 2.24) is 19.5 Å². The fourth-order valence-electron chi connectivity index (χ4n) is 6.02. The summed E-state index contributed by atoms with van der Waals surface area (Å²) in [5.41, 5.74) is -0.772. The third-order valence-corrected chi connectivity index (χ3v) is 11.4. The van der Waals surface area contributed by atoms with E-state index in [1.54, 1.807) is 31.5 Å². The van der Waals surface area contributed by atoms with Crippen LogP contribution in [-0.4, -0.2) is 96.0 Å². The van der Waals surface area contributed by atoms with Crippen LogP contribution in [-0.2, 0) is 24.3 Å². The number of carboxylic acid groups (broad SMARTS) is 1. The predicted molar refractivity (Wildman–Crippen MR) is 160 cm³/mol. The van der Waals surface area contributed by atoms with E-state index in [0.29, 0.717) is 10.6 Å². The van der Waals surface area contributed by atoms with Crippen molar-refractivity contribution in [2.75, 3.05) is 38.5 Å². The molecule has 0 bridgehead atoms. The molecule has 0 radical (unpaired) electrons. The van der Waals surface area contributed by atoms with Gasteiger partial charge in [0.2, 0.25) is 10.0 Å². The monoisotopic (exact) mass is 669 g/mol. The van der Waals surface area contributed by atoms with Crippen LogP contribution in [0.3, 0.4) is 0 Å². The number of rotatable bonds is 10. The molecule has 2 saturated heterocycles. The van der Waals surface area contributed by atoms with E-state index < -0.39 is 76.0 Å². The van der Waals surface area contributed by atoms with Crippen LogP contribution < -0.4 is 5.32 Å². The number of hydrogen-bond acceptors (Lipinski definition) is 10. The van der Waals surface area contributed by atoms with E-state index >= 15 is 8.78 Å². The van der Waals surface area contributed by atoms with E-state index in [-0.39, 0.29) is 42.4 Å². The molecule has 1 aromatic heterocycles. The maximum absolute atomic E-state index is 15.5. The SMILES string of the molecule is CCOC(=O)C1=C(CN2CC(F)(F)C3CN(S(=O)(=O)CC(C)(C)C(=O)O)CC32)NC(c2nccs2)=N[C@H]1c1cccc(F)c1C. The molecule has 16 heteroatoms. The van der Waals surface area contributed by atoms with Gasteiger partial charge in [-0.2, -0.15) is 4.31 Å². The molecule has 0 spiro atoms. The summed E-state index contributed by atoms with van der Waals surface area (Å²) in [6, 6.07) is 2.42. The number of carboxylic acids is 1. The summed E-state index contributed by atoms with van der Waals surface area (Å²) in [4.78, 5) is 35.5. The normalized spacial score (nSPS) is 23.9. The molecule has 5 rings (SSSR count). The fraction of sp³-hybridized carbons (Fsp3) is 0.517. The summed E-state index contributed by atoms with van der Waals surface area (Å²) < 4.78 is 78.4. The second kappa shape index (κ2) is 12.1. The van der Waals surface area contributed by atoms with Crippen LogP contribution in [0, 0.1) is 24.1 Å². The first-order chi connectivity index (χ1) is 21.1. The van der Waals surface area contributed by atoms with Crippen molar-refractivity contribution in [3.63, 3.8) is 0 Å². The number of carbonyl (C=O) groups excluding carboxylic acids is 1. The van der Waals surface area contributed by atoms with E-state index in [4.69, 9.17) is 9.73 Å². The third kappa shape index (κ3) is 6.37. The summed E-state index contributed by atoms with van der Waals surface area (Å²) in [5, 5.41) is 14.7. The average molecular weight is 670 g/mol. The van der Waals surface area contributed by atoms with Gasteiger partial charge in [0.25, 0.3) is 5.92 Å². The molecular weight excluding hydrogens is 635 g/mol. The van der Waals surface area contributed by atoms with Gasteiger partial charge in [-0.1, -0.05) is 12.1 Å². The molecule has 45 heavy (non-hydrogen) atoms. The maximum Gasteiger partial charge on any atom is 0.338 e. The molecule has 2 aromatic rings. The van der Waals surface area contributed by atoms with Crippen molar-refractivity contribution in [2.24, 2.45) is 16.3 Å². The van der Waals surface area contributed by atoms with Gasteiger partial charge in [-0.15, -0.1) is 11.3 Å². The number of alkyl halides is 2. The number of amidine groups is 1. The molecule has 2 N–H and O–H groups in total. The van der Waals surface area contributed by atoms with E-state index in [9.17, 15) is 27.5 Å². The number of hydrogen-bond donors (Lipinski definition) is 2. The number of likely N-dealkylation sites (tertiary alicyclic amines) is 1. The molecule has 11 nitrogen and oxygen atoms in total. The van der Waals surface area contributed by atoms with Crippen LogP contribution in [0.25, 0.3) is 0 Å². The van der Waals surface area contributed by atoms with Crippen LogP contribution in [0.1, 0.15) is 42.9 Å². The molecule has 244 valence electrons. The highest BCUT2D eigenvalue weighted by Gasteiger charge is 2.60. The molecular formula is C29H34F3N5O6S2. The lowest BCUT2D eigenvalue weighted by Gasteiger charge is -2.32. The summed E-state index contributed by atoms with van der Waals surface area (Å²) in [5.74, 6) is -7.71. The molecule has 3 aliphatic heterocycles. The predicted octanol–water partition coefficient (Wildman–Crippen LogP) is 3.19. The molecule has 1 aromatic carbocycles. The number of ether oxygens (including phenoxy) is 1. The third-order valence-electron chi connectivity index (χ3n) is 8.42. The Balaban J connectivity index is 1.54. The number of fused-ring (bicyclic) bond motifs is 1. The average Bonchev–Trinajstić information content (AvgIpc) is 3.69. The summed E-state index contributed by atoms with van der Waals surface area (Å²) in [7, 11) is -4.21. The Labute approximate surface area is 262 Å². The number of halogens is 3. The van der Waals surface area contributed by atoms with E-state index in [1.165, 1.54) is 42.2 Å². The van der Waals surface area contributed by atoms with E-state index in [0.717, 1.165) is 4.31 Å². The van der Waals surface area contributed by atoms with E-state index in [1.807, 2.05) is 0 Å². The number of sulfonamides is 1. The Morgan fingerprint density at radius 2 is 2.00 bits per heavy atom. The second-order valence-electron chi connectivity index (χ2n) is 12.0. The highest BCUT2D eigenvalue weighted by molar-refractivity contribution is 7.89. The van der Waals surface area contributed by atoms with Gasteiger partial charge in [0.05, 0.1) is 35.8 Å². The Morgan fingerprint density at radius 1 is 1.27 bits per heavy atom. The number of benzene rings is 1. The fourth-order valence-corrected chi connectivity index (χ4v) is 8.59. The van der Waals surface area contributed by atoms with Crippen LogP contribution in [0.5, 0.6) is 0 Å². The first kappa shape index (κ1) is 33.0. The van der Waals surface area contributed by atoms with Gasteiger partial charge >= 0.3 is 11.9 Å². The molecule has 3 aliphatic rings. The van der Waals surface area contributed by atoms with Crippen molar-refractivity contribution in [3.05, 3.63) is 63.0 Å².